The Morgan fingerprint density at radius 1 is 1.18 bits per heavy atom. The smallest absolute Gasteiger partial charge is 0.258 e. The van der Waals surface area contributed by atoms with Gasteiger partial charge in [-0.15, -0.1) is 0 Å². The van der Waals surface area contributed by atoms with Gasteiger partial charge in [-0.2, -0.15) is 4.98 Å². The second-order valence-corrected chi connectivity index (χ2v) is 7.98. The topological polar surface area (TPSA) is 72.7 Å². The van der Waals surface area contributed by atoms with E-state index >= 15 is 0 Å². The second kappa shape index (κ2) is 10.1. The Morgan fingerprint density at radius 3 is 2.76 bits per heavy atom. The van der Waals surface area contributed by atoms with E-state index in [1.54, 1.807) is 20.3 Å². The van der Waals surface area contributed by atoms with E-state index in [1.807, 2.05) is 42.2 Å². The average Bonchev–Trinajstić information content (AvgIpc) is 3.30. The number of hydrogen-bond acceptors (Lipinski definition) is 6. The van der Waals surface area contributed by atoms with Gasteiger partial charge in [-0.25, -0.2) is 4.39 Å². The third-order valence-corrected chi connectivity index (χ3v) is 5.83. The molecule has 0 aliphatic carbocycles. The Kier molecular flexibility index (Phi) is 7.00. The number of benzene rings is 2. The summed E-state index contributed by atoms with van der Waals surface area (Å²) >= 11 is 5.64. The number of aromatic nitrogens is 2. The molecule has 7 nitrogen and oxygen atoms in total. The number of thiocarbonyl (C=S) groups is 1. The summed E-state index contributed by atoms with van der Waals surface area (Å²) < 4.78 is 30.3. The minimum atomic E-state index is -0.439. The number of hydrogen-bond donors (Lipinski definition) is 1. The first-order valence-corrected chi connectivity index (χ1v) is 10.9. The number of methoxy groups -OCH3 is 2. The van der Waals surface area contributed by atoms with Gasteiger partial charge in [0, 0.05) is 31.5 Å². The molecule has 0 fully saturated rings. The van der Waals surface area contributed by atoms with Crippen molar-refractivity contribution in [3.05, 3.63) is 71.5 Å². The molecule has 172 valence electrons. The van der Waals surface area contributed by atoms with Gasteiger partial charge in [0.15, 0.2) is 5.11 Å². The molecule has 1 atom stereocenters. The maximum atomic E-state index is 14.1. The lowest BCUT2D eigenvalue weighted by molar-refractivity contribution is 0.188. The van der Waals surface area contributed by atoms with Gasteiger partial charge in [-0.3, -0.25) is 0 Å². The van der Waals surface area contributed by atoms with E-state index in [-0.39, 0.29) is 5.82 Å². The van der Waals surface area contributed by atoms with Gasteiger partial charge < -0.3 is 24.2 Å². The molecule has 0 saturated heterocycles. The summed E-state index contributed by atoms with van der Waals surface area (Å²) in [5, 5.41) is 8.07. The molecule has 1 unspecified atom stereocenters. The number of halogens is 1. The highest BCUT2D eigenvalue weighted by Crippen LogP contribution is 2.37. The highest BCUT2D eigenvalue weighted by atomic mass is 32.1. The molecule has 4 rings (SSSR count). The summed E-state index contributed by atoms with van der Waals surface area (Å²) in [5.74, 6) is 1.14. The van der Waals surface area contributed by atoms with Crippen molar-refractivity contribution in [1.29, 1.82) is 0 Å². The van der Waals surface area contributed by atoms with E-state index in [9.17, 15) is 4.39 Å². The van der Waals surface area contributed by atoms with Gasteiger partial charge in [-0.05, 0) is 55.4 Å². The van der Waals surface area contributed by atoms with Crippen molar-refractivity contribution in [3.8, 4) is 17.1 Å². The molecule has 2 heterocycles. The standard InChI is InChI=1S/C24H25FN4O3S/c1-15-20(23-27-22(28-32-23)17-8-5-10-19(14-17)31-3)21(16-7-4-9-18(25)13-16)26-24(33)29(15)11-6-12-30-2/h4-5,7-10,13-14,21H,6,11-12H2,1-3H3,(H,26,33). The van der Waals surface area contributed by atoms with Crippen LogP contribution in [0.1, 0.15) is 30.8 Å². The van der Waals surface area contributed by atoms with Crippen LogP contribution in [0.15, 0.2) is 58.8 Å². The second-order valence-electron chi connectivity index (χ2n) is 7.59. The van der Waals surface area contributed by atoms with Crippen molar-refractivity contribution >= 4 is 22.9 Å². The number of nitrogens with zero attached hydrogens (tertiary/aromatic N) is 3. The molecule has 0 amide bonds. The Hall–Kier alpha value is -3.30. The predicted octanol–water partition coefficient (Wildman–Crippen LogP) is 4.58. The molecule has 3 aromatic rings. The molecule has 0 bridgehead atoms. The van der Waals surface area contributed by atoms with Crippen LogP contribution in [0.25, 0.3) is 17.0 Å². The molecule has 1 aromatic heterocycles. The van der Waals surface area contributed by atoms with Crippen LogP contribution in [0.3, 0.4) is 0 Å². The Morgan fingerprint density at radius 2 is 2.00 bits per heavy atom. The SMILES string of the molecule is COCCCN1C(=S)NC(c2cccc(F)c2)C(c2nc(-c3cccc(OC)c3)no2)=C1C. The Labute approximate surface area is 197 Å². The largest absolute Gasteiger partial charge is 0.497 e. The van der Waals surface area contributed by atoms with Crippen LogP contribution in [0.2, 0.25) is 0 Å². The fourth-order valence-corrected chi connectivity index (χ4v) is 4.19. The van der Waals surface area contributed by atoms with Crippen molar-refractivity contribution in [2.24, 2.45) is 0 Å². The highest BCUT2D eigenvalue weighted by molar-refractivity contribution is 7.80. The minimum Gasteiger partial charge on any atom is -0.497 e. The molecule has 33 heavy (non-hydrogen) atoms. The fraction of sp³-hybridized carbons (Fsp3) is 0.292. The number of allylic oxidation sites excluding steroid dienone is 1. The summed E-state index contributed by atoms with van der Waals surface area (Å²) in [4.78, 5) is 6.65. The maximum Gasteiger partial charge on any atom is 0.258 e. The minimum absolute atomic E-state index is 0.331. The van der Waals surface area contributed by atoms with Crippen LogP contribution in [0.4, 0.5) is 4.39 Å². The van der Waals surface area contributed by atoms with Crippen molar-refractivity contribution in [2.45, 2.75) is 19.4 Å². The molecular formula is C24H25FN4O3S. The monoisotopic (exact) mass is 468 g/mol. The normalized spacial score (nSPS) is 16.2. The zero-order chi connectivity index (χ0) is 23.4. The van der Waals surface area contributed by atoms with E-state index in [2.05, 4.69) is 15.5 Å². The quantitative estimate of drug-likeness (QED) is 0.380. The van der Waals surface area contributed by atoms with Crippen LogP contribution >= 0.6 is 12.2 Å². The molecule has 0 saturated carbocycles. The van der Waals surface area contributed by atoms with Crippen LogP contribution in [0, 0.1) is 5.82 Å². The first kappa shape index (κ1) is 22.9. The zero-order valence-corrected chi connectivity index (χ0v) is 19.5. The first-order valence-electron chi connectivity index (χ1n) is 10.5. The summed E-state index contributed by atoms with van der Waals surface area (Å²) in [5.41, 5.74) is 3.09. The Balaban J connectivity index is 1.77. The molecule has 1 aliphatic rings. The van der Waals surface area contributed by atoms with E-state index in [0.717, 1.165) is 23.3 Å². The van der Waals surface area contributed by atoms with Crippen LogP contribution < -0.4 is 10.1 Å². The molecule has 2 aromatic carbocycles. The van der Waals surface area contributed by atoms with Crippen molar-refractivity contribution in [3.63, 3.8) is 0 Å². The molecule has 1 N–H and O–H groups in total. The maximum absolute atomic E-state index is 14.1. The van der Waals surface area contributed by atoms with Crippen LogP contribution in [-0.2, 0) is 4.74 Å². The van der Waals surface area contributed by atoms with E-state index in [0.29, 0.717) is 41.3 Å². The zero-order valence-electron chi connectivity index (χ0n) is 18.7. The number of rotatable bonds is 8. The van der Waals surface area contributed by atoms with E-state index in [1.165, 1.54) is 12.1 Å². The number of nitrogens with one attached hydrogen (secondary N) is 1. The van der Waals surface area contributed by atoms with Crippen molar-refractivity contribution in [1.82, 2.24) is 20.4 Å². The molecule has 0 spiro atoms. The summed E-state index contributed by atoms with van der Waals surface area (Å²) in [7, 11) is 3.27. The average molecular weight is 469 g/mol. The molecular weight excluding hydrogens is 443 g/mol. The van der Waals surface area contributed by atoms with Crippen molar-refractivity contribution < 1.29 is 18.4 Å². The Bertz CT molecular complexity index is 1180. The summed E-state index contributed by atoms with van der Waals surface area (Å²) in [6, 6.07) is 13.4. The summed E-state index contributed by atoms with van der Waals surface area (Å²) in [6.45, 7) is 3.22. The lowest BCUT2D eigenvalue weighted by atomic mass is 9.94. The van der Waals surface area contributed by atoms with Gasteiger partial charge >= 0.3 is 0 Å². The molecule has 9 heteroatoms. The van der Waals surface area contributed by atoms with Crippen molar-refractivity contribution in [2.75, 3.05) is 27.4 Å². The van der Waals surface area contributed by atoms with Gasteiger partial charge in [0.25, 0.3) is 5.89 Å². The third-order valence-electron chi connectivity index (χ3n) is 5.49. The van der Waals surface area contributed by atoms with Gasteiger partial charge in [0.2, 0.25) is 5.82 Å². The first-order chi connectivity index (χ1) is 16.0. The van der Waals surface area contributed by atoms with Gasteiger partial charge in [0.05, 0.1) is 18.7 Å². The number of ether oxygens (including phenoxy) is 2. The molecule has 1 aliphatic heterocycles. The van der Waals surface area contributed by atoms with Crippen LogP contribution in [-0.4, -0.2) is 47.5 Å². The fourth-order valence-electron chi connectivity index (χ4n) is 3.84. The van der Waals surface area contributed by atoms with E-state index in [4.69, 9.17) is 26.2 Å². The van der Waals surface area contributed by atoms with E-state index < -0.39 is 6.04 Å². The lowest BCUT2D eigenvalue weighted by Gasteiger charge is -2.37. The van der Waals surface area contributed by atoms with Gasteiger partial charge in [-0.1, -0.05) is 29.4 Å². The molecule has 0 radical (unpaired) electrons. The van der Waals surface area contributed by atoms with Gasteiger partial charge in [0.1, 0.15) is 11.6 Å². The third kappa shape index (κ3) is 4.89. The van der Waals surface area contributed by atoms with Crippen LogP contribution in [0.5, 0.6) is 5.75 Å². The highest BCUT2D eigenvalue weighted by Gasteiger charge is 2.34. The lowest BCUT2D eigenvalue weighted by Crippen LogP contribution is -2.46. The predicted molar refractivity (Wildman–Crippen MR) is 127 cm³/mol. The summed E-state index contributed by atoms with van der Waals surface area (Å²) in [6.07, 6.45) is 0.784.